The maximum absolute atomic E-state index is 12.3. The van der Waals surface area contributed by atoms with Crippen LogP contribution in [-0.2, 0) is 10.5 Å². The van der Waals surface area contributed by atoms with Crippen molar-refractivity contribution in [3.63, 3.8) is 0 Å². The van der Waals surface area contributed by atoms with Gasteiger partial charge in [0.05, 0.1) is 11.4 Å². The summed E-state index contributed by atoms with van der Waals surface area (Å²) in [6.45, 7) is 0. The van der Waals surface area contributed by atoms with Crippen molar-refractivity contribution in [2.45, 2.75) is 5.72 Å². The van der Waals surface area contributed by atoms with Gasteiger partial charge >= 0.3 is 0 Å². The molecule has 0 bridgehead atoms. The van der Waals surface area contributed by atoms with Crippen LogP contribution in [0.4, 0.5) is 11.4 Å². The third kappa shape index (κ3) is 1.30. The minimum absolute atomic E-state index is 0.226. The first-order chi connectivity index (χ1) is 9.29. The van der Waals surface area contributed by atoms with Crippen LogP contribution < -0.4 is 20.9 Å². The van der Waals surface area contributed by atoms with Crippen LogP contribution in [0.2, 0.25) is 0 Å². The van der Waals surface area contributed by atoms with E-state index in [1.165, 1.54) is 0 Å². The topological polar surface area (TPSA) is 62.4 Å². The van der Waals surface area contributed by atoms with Gasteiger partial charge in [0.1, 0.15) is 5.75 Å². The molecule has 0 fully saturated rings. The molecule has 0 unspecified atom stereocenters. The van der Waals surface area contributed by atoms with E-state index >= 15 is 0 Å². The number of hydrazine groups is 1. The zero-order chi connectivity index (χ0) is 12.9. The smallest absolute Gasteiger partial charge is 0.291 e. The maximum Gasteiger partial charge on any atom is 0.291 e. The summed E-state index contributed by atoms with van der Waals surface area (Å²) < 4.78 is 5.93. The highest BCUT2D eigenvalue weighted by Crippen LogP contribution is 2.41. The lowest BCUT2D eigenvalue weighted by atomic mass is 10.0. The lowest BCUT2D eigenvalue weighted by Gasteiger charge is -2.35. The first kappa shape index (κ1) is 10.4. The number of benzene rings is 2. The van der Waals surface area contributed by atoms with Gasteiger partial charge in [-0.3, -0.25) is 4.79 Å². The van der Waals surface area contributed by atoms with Crippen LogP contribution in [0.5, 0.6) is 5.75 Å². The van der Waals surface area contributed by atoms with Crippen molar-refractivity contribution in [2.75, 3.05) is 10.7 Å². The van der Waals surface area contributed by atoms with E-state index in [1.807, 2.05) is 48.5 Å². The summed E-state index contributed by atoms with van der Waals surface area (Å²) in [5.74, 6) is 0.420. The number of para-hydroxylation sites is 3. The summed E-state index contributed by atoms with van der Waals surface area (Å²) in [6.07, 6.45) is 0. The number of amides is 1. The Morgan fingerprint density at radius 3 is 2.58 bits per heavy atom. The quantitative estimate of drug-likeness (QED) is 0.670. The molecule has 1 amide bonds. The number of anilines is 2. The van der Waals surface area contributed by atoms with E-state index in [0.29, 0.717) is 5.75 Å². The number of ether oxygens (including phenoxy) is 1. The van der Waals surface area contributed by atoms with Crippen molar-refractivity contribution in [3.05, 3.63) is 54.1 Å². The Bertz CT molecular complexity index is 686. The molecular weight excluding hydrogens is 242 g/mol. The lowest BCUT2D eigenvalue weighted by Crippen LogP contribution is -2.57. The number of rotatable bonds is 0. The zero-order valence-electron chi connectivity index (χ0n) is 9.94. The third-order valence-corrected chi connectivity index (χ3v) is 3.40. The number of hydrogen-bond donors (Lipinski definition) is 3. The van der Waals surface area contributed by atoms with E-state index in [-0.39, 0.29) is 5.91 Å². The van der Waals surface area contributed by atoms with Gasteiger partial charge in [0, 0.05) is 5.56 Å². The minimum Gasteiger partial charge on any atom is -0.455 e. The standard InChI is InChI=1S/C14H11N3O2/c18-13-14(9-5-1-2-6-10(9)15-13)17-16-11-7-3-4-8-12(11)19-14/h1-8,16-17H,(H,15,18)/t14-/m0/s1. The van der Waals surface area contributed by atoms with Crippen LogP contribution in [-0.4, -0.2) is 5.91 Å². The molecule has 94 valence electrons. The van der Waals surface area contributed by atoms with Crippen molar-refractivity contribution in [2.24, 2.45) is 0 Å². The number of hydrogen-bond acceptors (Lipinski definition) is 4. The first-order valence-corrected chi connectivity index (χ1v) is 6.02. The average Bonchev–Trinajstić information content (AvgIpc) is 2.72. The second-order valence-electron chi connectivity index (χ2n) is 4.53. The van der Waals surface area contributed by atoms with Gasteiger partial charge < -0.3 is 15.5 Å². The van der Waals surface area contributed by atoms with Gasteiger partial charge in [-0.25, -0.2) is 0 Å². The second-order valence-corrected chi connectivity index (χ2v) is 4.53. The van der Waals surface area contributed by atoms with Gasteiger partial charge in [0.15, 0.2) is 0 Å². The molecule has 4 rings (SSSR count). The largest absolute Gasteiger partial charge is 0.455 e. The normalized spacial score (nSPS) is 23.1. The average molecular weight is 253 g/mol. The molecule has 1 spiro atoms. The SMILES string of the molecule is O=C1Nc2ccccc2[C@@]12NNc1ccccc1O2. The monoisotopic (exact) mass is 253 g/mol. The van der Waals surface area contributed by atoms with E-state index in [9.17, 15) is 4.79 Å². The first-order valence-electron chi connectivity index (χ1n) is 6.02. The van der Waals surface area contributed by atoms with E-state index in [4.69, 9.17) is 4.74 Å². The third-order valence-electron chi connectivity index (χ3n) is 3.40. The van der Waals surface area contributed by atoms with Crippen LogP contribution in [0, 0.1) is 0 Å². The van der Waals surface area contributed by atoms with Gasteiger partial charge in [0.2, 0.25) is 0 Å². The van der Waals surface area contributed by atoms with E-state index < -0.39 is 5.72 Å². The molecule has 2 heterocycles. The van der Waals surface area contributed by atoms with Gasteiger partial charge in [-0.1, -0.05) is 30.3 Å². The molecule has 0 aliphatic carbocycles. The summed E-state index contributed by atoms with van der Waals surface area (Å²) in [7, 11) is 0. The van der Waals surface area contributed by atoms with Crippen molar-refractivity contribution in [1.82, 2.24) is 5.43 Å². The van der Waals surface area contributed by atoms with Crippen LogP contribution in [0.3, 0.4) is 0 Å². The molecule has 0 radical (unpaired) electrons. The zero-order valence-corrected chi connectivity index (χ0v) is 9.94. The molecule has 0 saturated heterocycles. The molecule has 5 nitrogen and oxygen atoms in total. The summed E-state index contributed by atoms with van der Waals surface area (Å²) in [5.41, 5.74) is 7.15. The van der Waals surface area contributed by atoms with Gasteiger partial charge in [-0.05, 0) is 18.2 Å². The number of fused-ring (bicyclic) bond motifs is 3. The summed E-state index contributed by atoms with van der Waals surface area (Å²) in [6, 6.07) is 15.0. The Morgan fingerprint density at radius 1 is 0.947 bits per heavy atom. The maximum atomic E-state index is 12.3. The van der Waals surface area contributed by atoms with Gasteiger partial charge in [0.25, 0.3) is 11.6 Å². The summed E-state index contributed by atoms with van der Waals surface area (Å²) >= 11 is 0. The molecule has 19 heavy (non-hydrogen) atoms. The lowest BCUT2D eigenvalue weighted by molar-refractivity contribution is -0.134. The number of nitrogens with one attached hydrogen (secondary N) is 3. The summed E-state index contributed by atoms with van der Waals surface area (Å²) in [4.78, 5) is 12.3. The fourth-order valence-electron chi connectivity index (χ4n) is 2.46. The Morgan fingerprint density at radius 2 is 1.68 bits per heavy atom. The van der Waals surface area contributed by atoms with Crippen LogP contribution in [0.15, 0.2) is 48.5 Å². The van der Waals surface area contributed by atoms with E-state index in [0.717, 1.165) is 16.9 Å². The molecule has 5 heteroatoms. The highest BCUT2D eigenvalue weighted by molar-refractivity contribution is 6.05. The van der Waals surface area contributed by atoms with E-state index in [1.54, 1.807) is 0 Å². The number of carbonyl (C=O) groups excluding carboxylic acids is 1. The molecule has 0 aromatic heterocycles. The Hall–Kier alpha value is -2.53. The highest BCUT2D eigenvalue weighted by atomic mass is 16.5. The molecular formula is C14H11N3O2. The Kier molecular flexibility index (Phi) is 1.91. The fourth-order valence-corrected chi connectivity index (χ4v) is 2.46. The predicted octanol–water partition coefficient (Wildman–Crippen LogP) is 1.80. The molecule has 2 aliphatic rings. The van der Waals surface area contributed by atoms with Crippen LogP contribution in [0.1, 0.15) is 5.56 Å². The van der Waals surface area contributed by atoms with Crippen molar-refractivity contribution < 1.29 is 9.53 Å². The van der Waals surface area contributed by atoms with Gasteiger partial charge in [-0.2, -0.15) is 5.43 Å². The van der Waals surface area contributed by atoms with Crippen LogP contribution in [0.25, 0.3) is 0 Å². The molecule has 2 aromatic rings. The summed E-state index contributed by atoms with van der Waals surface area (Å²) in [5, 5.41) is 2.82. The molecule has 2 aliphatic heterocycles. The Balaban J connectivity index is 1.87. The van der Waals surface area contributed by atoms with Crippen molar-refractivity contribution in [3.8, 4) is 5.75 Å². The second kappa shape index (κ2) is 3.49. The van der Waals surface area contributed by atoms with Gasteiger partial charge in [-0.15, -0.1) is 0 Å². The highest BCUT2D eigenvalue weighted by Gasteiger charge is 2.51. The van der Waals surface area contributed by atoms with Crippen molar-refractivity contribution in [1.29, 1.82) is 0 Å². The fraction of sp³-hybridized carbons (Fsp3) is 0.0714. The van der Waals surface area contributed by atoms with Crippen LogP contribution >= 0.6 is 0 Å². The molecule has 3 N–H and O–H groups in total. The minimum atomic E-state index is -1.20. The van der Waals surface area contributed by atoms with Crippen molar-refractivity contribution >= 4 is 17.3 Å². The predicted molar refractivity (Wildman–Crippen MR) is 70.6 cm³/mol. The molecule has 1 atom stereocenters. The molecule has 2 aromatic carbocycles. The Labute approximate surface area is 109 Å². The van der Waals surface area contributed by atoms with E-state index in [2.05, 4.69) is 16.2 Å². The number of carbonyl (C=O) groups is 1. The molecule has 0 saturated carbocycles.